The number of nitro groups is 2. The molecule has 58 heavy (non-hydrogen) atoms. The fourth-order valence-corrected chi connectivity index (χ4v) is 4.65. The second-order valence-corrected chi connectivity index (χ2v) is 11.3. The monoisotopic (exact) mass is 846 g/mol. The summed E-state index contributed by atoms with van der Waals surface area (Å²) in [7, 11) is 2.33. The Bertz CT molecular complexity index is 2050. The van der Waals surface area contributed by atoms with Crippen molar-refractivity contribution in [1.82, 2.24) is 5.32 Å². The smallest absolute Gasteiger partial charge is 0.417 e. The van der Waals surface area contributed by atoms with Gasteiger partial charge in [-0.25, -0.2) is 9.59 Å². The molecule has 4 rings (SSSR count). The number of alkyl halides is 6. The zero-order chi connectivity index (χ0) is 43.1. The molecule has 1 amide bonds. The van der Waals surface area contributed by atoms with Crippen molar-refractivity contribution in [2.24, 2.45) is 5.73 Å². The number of nitro benzene ring substituents is 2. The van der Waals surface area contributed by atoms with Crippen molar-refractivity contribution in [1.29, 1.82) is 0 Å². The summed E-state index contributed by atoms with van der Waals surface area (Å²) < 4.78 is 84.8. The first-order chi connectivity index (χ1) is 26.6. The van der Waals surface area contributed by atoms with Crippen LogP contribution in [0.4, 0.5) is 37.7 Å². The number of hydrogen-bond acceptors (Lipinski definition) is 11. The molecule has 15 nitrogen and oxygen atoms in total. The molecule has 4 N–H and O–H groups in total. The molecule has 0 aliphatic rings. The number of rotatable bonds is 11. The number of carbonyl (C=O) groups is 4. The Morgan fingerprint density at radius 3 is 1.41 bits per heavy atom. The SMILES string of the molecule is COC(=O)C(Cc1ccc([N+](=O)[O-])cc1)NC(=O)c1ccccc1C(F)(F)F.COC(=O)C(N)Cc1ccc([N+](=O)[O-])cc1.Cl.O=C(O)c1ccccc1C(F)(F)F. The van der Waals surface area contributed by atoms with E-state index in [4.69, 9.17) is 10.8 Å². The highest BCUT2D eigenvalue weighted by atomic mass is 35.5. The lowest BCUT2D eigenvalue weighted by Crippen LogP contribution is -2.43. The Labute approximate surface area is 330 Å². The minimum atomic E-state index is -4.74. The van der Waals surface area contributed by atoms with Gasteiger partial charge in [0.2, 0.25) is 0 Å². The summed E-state index contributed by atoms with van der Waals surface area (Å²) in [6.45, 7) is 0. The van der Waals surface area contributed by atoms with E-state index in [1.165, 1.54) is 55.6 Å². The first kappa shape index (κ1) is 49.4. The Morgan fingerprint density at radius 1 is 0.672 bits per heavy atom. The molecule has 0 bridgehead atoms. The van der Waals surface area contributed by atoms with E-state index in [1.54, 1.807) is 12.1 Å². The lowest BCUT2D eigenvalue weighted by atomic mass is 10.0. The Kier molecular flexibility index (Phi) is 18.9. The summed E-state index contributed by atoms with van der Waals surface area (Å²) in [4.78, 5) is 65.7. The molecule has 22 heteroatoms. The van der Waals surface area contributed by atoms with E-state index in [1.807, 2.05) is 0 Å². The molecule has 4 aromatic rings. The summed E-state index contributed by atoms with van der Waals surface area (Å²) >= 11 is 0. The number of carboxylic acids is 1. The molecule has 0 fully saturated rings. The van der Waals surface area contributed by atoms with Crippen LogP contribution in [0.2, 0.25) is 0 Å². The van der Waals surface area contributed by atoms with Crippen molar-refractivity contribution in [3.8, 4) is 0 Å². The average Bonchev–Trinajstić information content (AvgIpc) is 3.17. The van der Waals surface area contributed by atoms with Crippen molar-refractivity contribution >= 4 is 47.6 Å². The number of amides is 1. The quantitative estimate of drug-likeness (QED) is 0.0628. The fraction of sp³-hybridized carbons (Fsp3) is 0.222. The van der Waals surface area contributed by atoms with E-state index in [0.717, 1.165) is 49.1 Å². The van der Waals surface area contributed by atoms with E-state index >= 15 is 0 Å². The summed E-state index contributed by atoms with van der Waals surface area (Å²) in [6, 6.07) is 17.3. The van der Waals surface area contributed by atoms with Gasteiger partial charge in [0.05, 0.1) is 46.3 Å². The molecule has 0 saturated carbocycles. The number of ether oxygens (including phenoxy) is 2. The molecule has 0 aliphatic carbocycles. The second kappa shape index (κ2) is 22.2. The van der Waals surface area contributed by atoms with Crippen LogP contribution in [-0.4, -0.2) is 65.1 Å². The minimum absolute atomic E-state index is 0. The van der Waals surface area contributed by atoms with Crippen LogP contribution in [0.5, 0.6) is 0 Å². The Morgan fingerprint density at radius 2 is 1.05 bits per heavy atom. The van der Waals surface area contributed by atoms with Crippen molar-refractivity contribution in [3.05, 3.63) is 151 Å². The molecule has 0 aromatic heterocycles. The number of non-ortho nitro benzene ring substituents is 2. The van der Waals surface area contributed by atoms with Crippen molar-refractivity contribution in [2.45, 2.75) is 37.3 Å². The topological polar surface area (TPSA) is 231 Å². The van der Waals surface area contributed by atoms with Crippen molar-refractivity contribution < 1.29 is 69.9 Å². The van der Waals surface area contributed by atoms with Crippen LogP contribution in [0.15, 0.2) is 97.1 Å². The third-order valence-electron chi connectivity index (χ3n) is 7.42. The molecule has 0 radical (unpaired) electrons. The number of esters is 2. The predicted octanol–water partition coefficient (Wildman–Crippen LogP) is 6.59. The molecule has 312 valence electrons. The normalized spacial score (nSPS) is 11.7. The summed E-state index contributed by atoms with van der Waals surface area (Å²) in [5.41, 5.74) is 2.98. The van der Waals surface area contributed by atoms with Crippen LogP contribution >= 0.6 is 12.4 Å². The average molecular weight is 847 g/mol. The van der Waals surface area contributed by atoms with E-state index in [9.17, 15) is 65.7 Å². The molecular weight excluding hydrogens is 814 g/mol. The van der Waals surface area contributed by atoms with Crippen LogP contribution in [-0.2, 0) is 44.3 Å². The maximum absolute atomic E-state index is 13.1. The zero-order valence-corrected chi connectivity index (χ0v) is 30.8. The van der Waals surface area contributed by atoms with E-state index in [0.29, 0.717) is 12.0 Å². The van der Waals surface area contributed by atoms with Gasteiger partial charge in [-0.15, -0.1) is 12.4 Å². The van der Waals surface area contributed by atoms with Gasteiger partial charge in [0.25, 0.3) is 17.3 Å². The lowest BCUT2D eigenvalue weighted by molar-refractivity contribution is -0.385. The van der Waals surface area contributed by atoms with Gasteiger partial charge in [0.15, 0.2) is 0 Å². The molecule has 0 saturated heterocycles. The molecular formula is C36H33ClF6N4O11. The number of aromatic carboxylic acids is 1. The highest BCUT2D eigenvalue weighted by Gasteiger charge is 2.36. The van der Waals surface area contributed by atoms with Crippen LogP contribution in [0.1, 0.15) is 43.0 Å². The van der Waals surface area contributed by atoms with Crippen LogP contribution < -0.4 is 11.1 Å². The lowest BCUT2D eigenvalue weighted by Gasteiger charge is -2.18. The van der Waals surface area contributed by atoms with Gasteiger partial charge in [-0.1, -0.05) is 48.5 Å². The molecule has 4 aromatic carbocycles. The molecule has 0 aliphatic heterocycles. The van der Waals surface area contributed by atoms with Crippen molar-refractivity contribution in [3.63, 3.8) is 0 Å². The molecule has 0 heterocycles. The Balaban J connectivity index is 0.000000475. The van der Waals surface area contributed by atoms with Gasteiger partial charge < -0.3 is 25.6 Å². The largest absolute Gasteiger partial charge is 0.478 e. The first-order valence-corrected chi connectivity index (χ1v) is 15.8. The summed E-state index contributed by atoms with van der Waals surface area (Å²) in [6.07, 6.45) is -9.18. The van der Waals surface area contributed by atoms with Gasteiger partial charge in [0, 0.05) is 30.7 Å². The predicted molar refractivity (Wildman–Crippen MR) is 194 cm³/mol. The number of methoxy groups -OCH3 is 2. The van der Waals surface area contributed by atoms with Gasteiger partial charge in [0.1, 0.15) is 12.1 Å². The standard InChI is InChI=1S/C18H15F3N2O5.C10H12N2O4.C8H5F3O2.ClH/c1-28-17(25)15(10-11-6-8-12(9-7-11)23(26)27)22-16(24)13-4-2-3-5-14(13)18(19,20)21;1-16-10(13)9(11)6-7-2-4-8(5-3-7)12(14)15;9-8(10,11)6-4-2-1-3-5(6)7(12)13;/h2-9,15H,10H2,1H3,(H,22,24);2-5,9H,6,11H2,1H3;1-4H,(H,12,13);1H. The number of hydrogen-bond donors (Lipinski definition) is 3. The third kappa shape index (κ3) is 15.1. The maximum Gasteiger partial charge on any atom is 0.417 e. The summed E-state index contributed by atoms with van der Waals surface area (Å²) in [5, 5.41) is 31.7. The van der Waals surface area contributed by atoms with Gasteiger partial charge in [-0.2, -0.15) is 26.3 Å². The number of benzene rings is 4. The molecule has 2 atom stereocenters. The first-order valence-electron chi connectivity index (χ1n) is 15.8. The Hall–Kier alpha value is -6.61. The highest BCUT2D eigenvalue weighted by molar-refractivity contribution is 5.98. The second-order valence-electron chi connectivity index (χ2n) is 11.3. The number of carbonyl (C=O) groups excluding carboxylic acids is 3. The zero-order valence-electron chi connectivity index (χ0n) is 30.0. The summed E-state index contributed by atoms with van der Waals surface area (Å²) in [5.74, 6) is -4.03. The van der Waals surface area contributed by atoms with Crippen molar-refractivity contribution in [2.75, 3.05) is 14.2 Å². The highest BCUT2D eigenvalue weighted by Crippen LogP contribution is 2.33. The number of nitrogens with zero attached hydrogens (tertiary/aromatic N) is 2. The van der Waals surface area contributed by atoms with Crippen LogP contribution in [0.25, 0.3) is 0 Å². The number of nitrogens with one attached hydrogen (secondary N) is 1. The number of nitrogens with two attached hydrogens (primary N) is 1. The van der Waals surface area contributed by atoms with E-state index in [-0.39, 0.29) is 30.2 Å². The van der Waals surface area contributed by atoms with Crippen LogP contribution in [0, 0.1) is 20.2 Å². The molecule has 2 unspecified atom stereocenters. The van der Waals surface area contributed by atoms with Gasteiger partial charge in [-0.05, 0) is 41.8 Å². The van der Waals surface area contributed by atoms with E-state index < -0.39 is 80.4 Å². The number of carboxylic acid groups (broad SMARTS) is 1. The maximum atomic E-state index is 13.1. The fourth-order valence-electron chi connectivity index (χ4n) is 4.65. The number of halogens is 7. The molecule has 0 spiro atoms. The third-order valence-corrected chi connectivity index (χ3v) is 7.42. The van der Waals surface area contributed by atoms with Gasteiger partial charge in [-0.3, -0.25) is 29.8 Å². The van der Waals surface area contributed by atoms with Crippen LogP contribution in [0.3, 0.4) is 0 Å². The minimum Gasteiger partial charge on any atom is -0.478 e. The van der Waals surface area contributed by atoms with E-state index in [2.05, 4.69) is 14.8 Å². The van der Waals surface area contributed by atoms with Gasteiger partial charge >= 0.3 is 30.3 Å².